The topological polar surface area (TPSA) is 84.5 Å². The van der Waals surface area contributed by atoms with Crippen LogP contribution in [0.25, 0.3) is 17.0 Å². The minimum atomic E-state index is -0.213. The number of para-hydroxylation sites is 1. The van der Waals surface area contributed by atoms with Crippen LogP contribution >= 0.6 is 0 Å². The molecule has 0 fully saturated rings. The largest absolute Gasteiger partial charge is 0.493 e. The van der Waals surface area contributed by atoms with Gasteiger partial charge in [0, 0.05) is 12.6 Å². The number of likely N-dealkylation sites (N-methyl/N-ethyl adjacent to an activating group) is 1. The average Bonchev–Trinajstić information content (AvgIpc) is 2.75. The van der Waals surface area contributed by atoms with E-state index < -0.39 is 0 Å². The van der Waals surface area contributed by atoms with Crippen LogP contribution in [0.1, 0.15) is 18.3 Å². The Hall–Kier alpha value is -3.61. The number of benzene rings is 2. The highest BCUT2D eigenvalue weighted by atomic mass is 16.5. The summed E-state index contributed by atoms with van der Waals surface area (Å²) in [4.78, 5) is 33.7. The molecule has 0 aliphatic carbocycles. The first-order chi connectivity index (χ1) is 14.0. The maximum Gasteiger partial charge on any atom is 0.258 e. The Kier molecular flexibility index (Phi) is 6.29. The molecule has 2 aromatic carbocycles. The molecule has 0 radical (unpaired) electrons. The highest BCUT2D eigenvalue weighted by Gasteiger charge is 2.12. The van der Waals surface area contributed by atoms with E-state index in [2.05, 4.69) is 9.97 Å². The van der Waals surface area contributed by atoms with Gasteiger partial charge in [-0.2, -0.15) is 0 Å². The van der Waals surface area contributed by atoms with Crippen LogP contribution in [-0.4, -0.2) is 41.5 Å². The second kappa shape index (κ2) is 9.05. The summed E-state index contributed by atoms with van der Waals surface area (Å²) in [5, 5.41) is 0.527. The summed E-state index contributed by atoms with van der Waals surface area (Å²) in [6, 6.07) is 12.5. The zero-order valence-corrected chi connectivity index (χ0v) is 16.6. The molecular formula is C22H23N3O4. The molecule has 0 saturated carbocycles. The van der Waals surface area contributed by atoms with Crippen molar-refractivity contribution in [2.45, 2.75) is 13.5 Å². The van der Waals surface area contributed by atoms with E-state index >= 15 is 0 Å². The summed E-state index contributed by atoms with van der Waals surface area (Å²) in [5.41, 5.74) is 1.20. The Labute approximate surface area is 168 Å². The number of ether oxygens (including phenoxy) is 2. The van der Waals surface area contributed by atoms with Crippen LogP contribution in [-0.2, 0) is 11.3 Å². The van der Waals surface area contributed by atoms with Gasteiger partial charge in [-0.15, -0.1) is 0 Å². The van der Waals surface area contributed by atoms with Gasteiger partial charge in [-0.3, -0.25) is 9.59 Å². The molecule has 0 unspecified atom stereocenters. The van der Waals surface area contributed by atoms with E-state index in [9.17, 15) is 9.59 Å². The molecule has 7 nitrogen and oxygen atoms in total. The number of carbonyl (C=O) groups excluding carboxylic acids is 1. The van der Waals surface area contributed by atoms with E-state index in [-0.39, 0.29) is 18.0 Å². The number of hydrogen-bond acceptors (Lipinski definition) is 5. The van der Waals surface area contributed by atoms with Gasteiger partial charge in [0.15, 0.2) is 11.5 Å². The van der Waals surface area contributed by atoms with Crippen LogP contribution in [0.2, 0.25) is 0 Å². The standard InChI is InChI=1S/C22H23N3O4/c1-4-25(14-20-23-17-8-6-5-7-16(17)22(27)24-20)21(26)12-10-15-9-11-18(28-2)19(13-15)29-3/h5-13H,4,14H2,1-3H3,(H,23,24,27)/b12-10+. The number of nitrogens with zero attached hydrogens (tertiary/aromatic N) is 2. The van der Waals surface area contributed by atoms with Crippen molar-refractivity contribution in [1.82, 2.24) is 14.9 Å². The van der Waals surface area contributed by atoms with E-state index in [1.807, 2.05) is 19.1 Å². The second-order valence-electron chi connectivity index (χ2n) is 6.33. The molecule has 29 heavy (non-hydrogen) atoms. The van der Waals surface area contributed by atoms with Crippen LogP contribution in [0.4, 0.5) is 0 Å². The molecule has 0 bridgehead atoms. The first kappa shape index (κ1) is 20.1. The van der Waals surface area contributed by atoms with E-state index in [0.29, 0.717) is 34.8 Å². The van der Waals surface area contributed by atoms with Gasteiger partial charge >= 0.3 is 0 Å². The van der Waals surface area contributed by atoms with Crippen molar-refractivity contribution in [3.05, 3.63) is 70.3 Å². The molecular weight excluding hydrogens is 370 g/mol. The summed E-state index contributed by atoms with van der Waals surface area (Å²) in [7, 11) is 3.13. The number of fused-ring (bicyclic) bond motifs is 1. The van der Waals surface area contributed by atoms with Gasteiger partial charge in [0.05, 0.1) is 31.7 Å². The maximum atomic E-state index is 12.6. The summed E-state index contributed by atoms with van der Waals surface area (Å²) >= 11 is 0. The number of nitrogens with one attached hydrogen (secondary N) is 1. The van der Waals surface area contributed by atoms with Crippen molar-refractivity contribution >= 4 is 22.9 Å². The van der Waals surface area contributed by atoms with Crippen molar-refractivity contribution in [3.63, 3.8) is 0 Å². The van der Waals surface area contributed by atoms with Gasteiger partial charge in [-0.25, -0.2) is 4.98 Å². The fraction of sp³-hybridized carbons (Fsp3) is 0.227. The smallest absolute Gasteiger partial charge is 0.258 e. The summed E-state index contributed by atoms with van der Waals surface area (Å²) in [6.07, 6.45) is 3.20. The summed E-state index contributed by atoms with van der Waals surface area (Å²) in [6.45, 7) is 2.57. The summed E-state index contributed by atoms with van der Waals surface area (Å²) < 4.78 is 10.5. The van der Waals surface area contributed by atoms with E-state index in [0.717, 1.165) is 5.56 Å². The molecule has 1 amide bonds. The molecule has 0 aliphatic heterocycles. The van der Waals surface area contributed by atoms with Crippen LogP contribution in [0.3, 0.4) is 0 Å². The van der Waals surface area contributed by atoms with Crippen LogP contribution in [0, 0.1) is 0 Å². The van der Waals surface area contributed by atoms with Crippen molar-refractivity contribution in [2.24, 2.45) is 0 Å². The van der Waals surface area contributed by atoms with E-state index in [4.69, 9.17) is 9.47 Å². The fourth-order valence-corrected chi connectivity index (χ4v) is 2.97. The second-order valence-corrected chi connectivity index (χ2v) is 6.33. The predicted molar refractivity (Wildman–Crippen MR) is 112 cm³/mol. The molecule has 1 aromatic heterocycles. The third kappa shape index (κ3) is 4.63. The number of rotatable bonds is 7. The minimum Gasteiger partial charge on any atom is -0.493 e. The minimum absolute atomic E-state index is 0.182. The molecule has 3 rings (SSSR count). The molecule has 1 N–H and O–H groups in total. The lowest BCUT2D eigenvalue weighted by Gasteiger charge is -2.18. The van der Waals surface area contributed by atoms with E-state index in [1.54, 1.807) is 55.5 Å². The van der Waals surface area contributed by atoms with Gasteiger partial charge in [0.1, 0.15) is 5.82 Å². The lowest BCUT2D eigenvalue weighted by Crippen LogP contribution is -2.30. The Bertz CT molecular complexity index is 1100. The number of H-pyrrole nitrogens is 1. The number of methoxy groups -OCH3 is 2. The third-order valence-corrected chi connectivity index (χ3v) is 4.52. The Morgan fingerprint density at radius 1 is 1.14 bits per heavy atom. The maximum absolute atomic E-state index is 12.6. The lowest BCUT2D eigenvalue weighted by molar-refractivity contribution is -0.126. The molecule has 150 valence electrons. The number of hydrogen-bond donors (Lipinski definition) is 1. The molecule has 0 saturated heterocycles. The molecule has 0 spiro atoms. The number of carbonyl (C=O) groups is 1. The van der Waals surface area contributed by atoms with Gasteiger partial charge in [-0.05, 0) is 42.8 Å². The van der Waals surface area contributed by atoms with Crippen molar-refractivity contribution in [1.29, 1.82) is 0 Å². The van der Waals surface area contributed by atoms with Crippen LogP contribution in [0.15, 0.2) is 53.3 Å². The van der Waals surface area contributed by atoms with Gasteiger partial charge in [0.2, 0.25) is 5.91 Å². The zero-order chi connectivity index (χ0) is 20.8. The van der Waals surface area contributed by atoms with Gasteiger partial charge < -0.3 is 19.4 Å². The molecule has 0 atom stereocenters. The lowest BCUT2D eigenvalue weighted by atomic mass is 10.2. The Morgan fingerprint density at radius 2 is 1.90 bits per heavy atom. The normalized spacial score (nSPS) is 11.0. The zero-order valence-electron chi connectivity index (χ0n) is 16.6. The molecule has 7 heteroatoms. The molecule has 1 heterocycles. The Balaban J connectivity index is 1.77. The molecule has 0 aliphatic rings. The monoisotopic (exact) mass is 393 g/mol. The highest BCUT2D eigenvalue weighted by Crippen LogP contribution is 2.28. The Morgan fingerprint density at radius 3 is 2.62 bits per heavy atom. The first-order valence-electron chi connectivity index (χ1n) is 9.22. The SMILES string of the molecule is CCN(Cc1nc2ccccc2c(=O)[nH]1)C(=O)/C=C/c1ccc(OC)c(OC)c1. The number of amides is 1. The fourth-order valence-electron chi connectivity index (χ4n) is 2.97. The van der Waals surface area contributed by atoms with Crippen LogP contribution < -0.4 is 15.0 Å². The van der Waals surface area contributed by atoms with Crippen molar-refractivity contribution in [3.8, 4) is 11.5 Å². The number of aromatic nitrogens is 2. The quantitative estimate of drug-likeness (QED) is 0.624. The highest BCUT2D eigenvalue weighted by molar-refractivity contribution is 5.91. The van der Waals surface area contributed by atoms with Crippen LogP contribution in [0.5, 0.6) is 11.5 Å². The van der Waals surface area contributed by atoms with Gasteiger partial charge in [-0.1, -0.05) is 18.2 Å². The summed E-state index contributed by atoms with van der Waals surface area (Å²) in [5.74, 6) is 1.48. The predicted octanol–water partition coefficient (Wildman–Crippen LogP) is 3.00. The van der Waals surface area contributed by atoms with Gasteiger partial charge in [0.25, 0.3) is 5.56 Å². The average molecular weight is 393 g/mol. The van der Waals surface area contributed by atoms with Crippen molar-refractivity contribution < 1.29 is 14.3 Å². The molecule has 3 aromatic rings. The first-order valence-corrected chi connectivity index (χ1v) is 9.22. The van der Waals surface area contributed by atoms with E-state index in [1.165, 1.54) is 6.08 Å². The third-order valence-electron chi connectivity index (χ3n) is 4.52. The van der Waals surface area contributed by atoms with Crippen molar-refractivity contribution in [2.75, 3.05) is 20.8 Å². The number of aromatic amines is 1.